The van der Waals surface area contributed by atoms with Crippen molar-refractivity contribution in [3.8, 4) is 0 Å². The average molecular weight is 245 g/mol. The van der Waals surface area contributed by atoms with E-state index in [0.717, 1.165) is 5.56 Å². The zero-order valence-electron chi connectivity index (χ0n) is 8.93. The van der Waals surface area contributed by atoms with Gasteiger partial charge in [-0.15, -0.1) is 12.4 Å². The normalized spacial score (nSPS) is 11.4. The predicted octanol–water partition coefficient (Wildman–Crippen LogP) is 0.0867. The number of aliphatic hydroxyl groups is 1. The molecule has 4 N–H and O–H groups in total. The Morgan fingerprint density at radius 1 is 1.38 bits per heavy atom. The summed E-state index contributed by atoms with van der Waals surface area (Å²) in [6.45, 7) is 0.197. The zero-order valence-corrected chi connectivity index (χ0v) is 9.74. The Bertz CT molecular complexity index is 306. The van der Waals surface area contributed by atoms with Gasteiger partial charge in [-0.1, -0.05) is 30.3 Å². The van der Waals surface area contributed by atoms with Crippen LogP contribution >= 0.6 is 12.4 Å². The van der Waals surface area contributed by atoms with Crippen molar-refractivity contribution in [1.82, 2.24) is 5.32 Å². The lowest BCUT2D eigenvalue weighted by Gasteiger charge is -2.11. The lowest BCUT2D eigenvalue weighted by atomic mass is 10.1. The van der Waals surface area contributed by atoms with Crippen LogP contribution in [-0.2, 0) is 11.2 Å². The van der Waals surface area contributed by atoms with Crippen LogP contribution in [-0.4, -0.2) is 30.2 Å². The number of hydrogen-bond acceptors (Lipinski definition) is 3. The van der Waals surface area contributed by atoms with Crippen LogP contribution in [0.15, 0.2) is 30.3 Å². The van der Waals surface area contributed by atoms with Crippen LogP contribution in [0.5, 0.6) is 0 Å². The van der Waals surface area contributed by atoms with Crippen LogP contribution in [0.1, 0.15) is 5.56 Å². The maximum Gasteiger partial charge on any atom is 0.233 e. The van der Waals surface area contributed by atoms with Gasteiger partial charge in [0, 0.05) is 13.0 Å². The number of carbonyl (C=O) groups is 1. The fraction of sp³-hybridized carbons (Fsp3) is 0.364. The highest BCUT2D eigenvalue weighted by molar-refractivity contribution is 5.85. The van der Waals surface area contributed by atoms with E-state index in [1.807, 2.05) is 30.3 Å². The van der Waals surface area contributed by atoms with E-state index >= 15 is 0 Å². The van der Waals surface area contributed by atoms with Gasteiger partial charge < -0.3 is 16.2 Å². The minimum absolute atomic E-state index is 0. The molecule has 1 unspecified atom stereocenters. The molecule has 5 heteroatoms. The molecule has 1 amide bonds. The van der Waals surface area contributed by atoms with E-state index in [1.165, 1.54) is 0 Å². The lowest BCUT2D eigenvalue weighted by molar-refractivity contribution is -0.120. The van der Waals surface area contributed by atoms with Crippen molar-refractivity contribution in [2.45, 2.75) is 12.5 Å². The third-order valence-corrected chi connectivity index (χ3v) is 2.03. The van der Waals surface area contributed by atoms with Crippen LogP contribution < -0.4 is 11.1 Å². The maximum absolute atomic E-state index is 10.8. The van der Waals surface area contributed by atoms with Crippen LogP contribution in [0.2, 0.25) is 0 Å². The Labute approximate surface area is 101 Å². The second kappa shape index (κ2) is 8.10. The molecule has 0 aliphatic heterocycles. The van der Waals surface area contributed by atoms with E-state index in [-0.39, 0.29) is 31.4 Å². The van der Waals surface area contributed by atoms with Crippen LogP contribution in [0.4, 0.5) is 0 Å². The Hall–Kier alpha value is -1.10. The number of benzene rings is 1. The number of carbonyl (C=O) groups excluding carboxylic acids is 1. The highest BCUT2D eigenvalue weighted by Gasteiger charge is 2.06. The van der Waals surface area contributed by atoms with Gasteiger partial charge in [-0.05, 0) is 5.56 Å². The second-order valence-corrected chi connectivity index (χ2v) is 3.35. The Morgan fingerprint density at radius 3 is 2.56 bits per heavy atom. The number of amides is 1. The summed E-state index contributed by atoms with van der Waals surface area (Å²) in [5.74, 6) is -0.248. The summed E-state index contributed by atoms with van der Waals surface area (Å²) in [5, 5.41) is 12.1. The van der Waals surface area contributed by atoms with E-state index < -0.39 is 6.10 Å². The molecule has 0 heterocycles. The molecule has 0 spiro atoms. The number of halogens is 1. The molecule has 16 heavy (non-hydrogen) atoms. The molecule has 1 atom stereocenters. The smallest absolute Gasteiger partial charge is 0.233 e. The molecule has 0 saturated carbocycles. The fourth-order valence-electron chi connectivity index (χ4n) is 1.26. The first-order valence-corrected chi connectivity index (χ1v) is 4.91. The molecule has 1 aromatic rings. The highest BCUT2D eigenvalue weighted by Crippen LogP contribution is 2.02. The summed E-state index contributed by atoms with van der Waals surface area (Å²) in [7, 11) is 0. The minimum atomic E-state index is -0.567. The van der Waals surface area contributed by atoms with Gasteiger partial charge in [0.2, 0.25) is 5.91 Å². The SMILES string of the molecule is Cl.NCC(=O)NCC(O)Cc1ccccc1. The number of rotatable bonds is 5. The van der Waals surface area contributed by atoms with E-state index in [1.54, 1.807) is 0 Å². The molecule has 90 valence electrons. The quantitative estimate of drug-likeness (QED) is 0.687. The first-order valence-electron chi connectivity index (χ1n) is 4.91. The second-order valence-electron chi connectivity index (χ2n) is 3.35. The van der Waals surface area contributed by atoms with Gasteiger partial charge in [-0.2, -0.15) is 0 Å². The summed E-state index contributed by atoms with van der Waals surface area (Å²) in [6.07, 6.45) is -0.0333. The fourth-order valence-corrected chi connectivity index (χ4v) is 1.26. The van der Waals surface area contributed by atoms with Gasteiger partial charge in [0.25, 0.3) is 0 Å². The third kappa shape index (κ3) is 5.70. The Morgan fingerprint density at radius 2 is 2.00 bits per heavy atom. The molecule has 4 nitrogen and oxygen atoms in total. The molecular weight excluding hydrogens is 228 g/mol. The number of nitrogens with two attached hydrogens (primary N) is 1. The van der Waals surface area contributed by atoms with Crippen molar-refractivity contribution in [2.75, 3.05) is 13.1 Å². The van der Waals surface area contributed by atoms with Gasteiger partial charge in [0.05, 0.1) is 12.6 Å². The molecule has 1 rings (SSSR count). The van der Waals surface area contributed by atoms with Crippen molar-refractivity contribution >= 4 is 18.3 Å². The first-order chi connectivity index (χ1) is 7.22. The van der Waals surface area contributed by atoms with Gasteiger partial charge in [-0.3, -0.25) is 4.79 Å². The van der Waals surface area contributed by atoms with E-state index in [9.17, 15) is 9.90 Å². The van der Waals surface area contributed by atoms with E-state index in [2.05, 4.69) is 5.32 Å². The van der Waals surface area contributed by atoms with Gasteiger partial charge in [0.1, 0.15) is 0 Å². The molecule has 0 aliphatic rings. The molecule has 0 bridgehead atoms. The predicted molar refractivity (Wildman–Crippen MR) is 65.5 cm³/mol. The van der Waals surface area contributed by atoms with Crippen molar-refractivity contribution in [2.24, 2.45) is 5.73 Å². The first kappa shape index (κ1) is 14.9. The monoisotopic (exact) mass is 244 g/mol. The van der Waals surface area contributed by atoms with Crippen molar-refractivity contribution < 1.29 is 9.90 Å². The number of nitrogens with one attached hydrogen (secondary N) is 1. The van der Waals surface area contributed by atoms with Crippen molar-refractivity contribution in [3.63, 3.8) is 0 Å². The summed E-state index contributed by atoms with van der Waals surface area (Å²) in [5.41, 5.74) is 6.17. The van der Waals surface area contributed by atoms with Gasteiger partial charge in [0.15, 0.2) is 0 Å². The summed E-state index contributed by atoms with van der Waals surface area (Å²) in [6, 6.07) is 9.63. The zero-order chi connectivity index (χ0) is 11.1. The molecule has 0 aromatic heterocycles. The average Bonchev–Trinajstić information content (AvgIpc) is 2.27. The molecular formula is C11H17ClN2O2. The number of hydrogen-bond donors (Lipinski definition) is 3. The molecule has 1 aromatic carbocycles. The van der Waals surface area contributed by atoms with Gasteiger partial charge in [-0.25, -0.2) is 0 Å². The van der Waals surface area contributed by atoms with E-state index in [4.69, 9.17) is 5.73 Å². The lowest BCUT2D eigenvalue weighted by Crippen LogP contribution is -2.36. The Kier molecular flexibility index (Phi) is 7.54. The van der Waals surface area contributed by atoms with Crippen molar-refractivity contribution in [1.29, 1.82) is 0 Å². The topological polar surface area (TPSA) is 75.4 Å². The van der Waals surface area contributed by atoms with Crippen molar-refractivity contribution in [3.05, 3.63) is 35.9 Å². The maximum atomic E-state index is 10.8. The highest BCUT2D eigenvalue weighted by atomic mass is 35.5. The third-order valence-electron chi connectivity index (χ3n) is 2.03. The molecule has 0 fully saturated rings. The van der Waals surface area contributed by atoms with Gasteiger partial charge >= 0.3 is 0 Å². The standard InChI is InChI=1S/C11H16N2O2.ClH/c12-7-11(15)13-8-10(14)6-9-4-2-1-3-5-9;/h1-5,10,14H,6-8,12H2,(H,13,15);1H. The molecule has 0 aliphatic carbocycles. The molecule has 0 radical (unpaired) electrons. The van der Waals surface area contributed by atoms with Crippen LogP contribution in [0, 0.1) is 0 Å². The van der Waals surface area contributed by atoms with Crippen LogP contribution in [0.3, 0.4) is 0 Å². The summed E-state index contributed by atoms with van der Waals surface area (Å²) in [4.78, 5) is 10.8. The summed E-state index contributed by atoms with van der Waals surface area (Å²) < 4.78 is 0. The summed E-state index contributed by atoms with van der Waals surface area (Å²) >= 11 is 0. The number of aliphatic hydroxyl groups excluding tert-OH is 1. The van der Waals surface area contributed by atoms with Crippen LogP contribution in [0.25, 0.3) is 0 Å². The largest absolute Gasteiger partial charge is 0.391 e. The van der Waals surface area contributed by atoms with E-state index in [0.29, 0.717) is 6.42 Å². The molecule has 0 saturated heterocycles. The minimum Gasteiger partial charge on any atom is -0.391 e. The Balaban J connectivity index is 0.00000225.